The molecule has 0 unspecified atom stereocenters. The van der Waals surface area contributed by atoms with Crippen molar-refractivity contribution in [2.75, 3.05) is 11.4 Å². The van der Waals surface area contributed by atoms with Crippen LogP contribution in [-0.4, -0.2) is 6.54 Å². The lowest BCUT2D eigenvalue weighted by Crippen LogP contribution is -2.26. The molecule has 2 heteroatoms. The standard InChI is InChI=1S/C17H18N2/c1-2-5-15-12-19(11-14(15)4-1)17-7-3-6-13-10-18-9-8-16(13)17/h1-7,18H,8-12H2. The molecule has 0 fully saturated rings. The highest BCUT2D eigenvalue weighted by Gasteiger charge is 2.22. The maximum Gasteiger partial charge on any atom is 0.0436 e. The summed E-state index contributed by atoms with van der Waals surface area (Å²) < 4.78 is 0. The fourth-order valence-electron chi connectivity index (χ4n) is 3.31. The Balaban J connectivity index is 1.72. The summed E-state index contributed by atoms with van der Waals surface area (Å²) >= 11 is 0. The van der Waals surface area contributed by atoms with Crippen LogP contribution in [0.1, 0.15) is 22.3 Å². The van der Waals surface area contributed by atoms with Crippen LogP contribution in [0.15, 0.2) is 42.5 Å². The Labute approximate surface area is 114 Å². The van der Waals surface area contributed by atoms with E-state index in [2.05, 4.69) is 52.7 Å². The van der Waals surface area contributed by atoms with E-state index < -0.39 is 0 Å². The molecule has 2 aliphatic rings. The largest absolute Gasteiger partial charge is 0.363 e. The third kappa shape index (κ3) is 1.83. The van der Waals surface area contributed by atoms with Crippen molar-refractivity contribution in [1.82, 2.24) is 5.32 Å². The number of fused-ring (bicyclic) bond motifs is 2. The van der Waals surface area contributed by atoms with Crippen molar-refractivity contribution in [2.45, 2.75) is 26.1 Å². The molecule has 2 nitrogen and oxygen atoms in total. The first-order valence-corrected chi connectivity index (χ1v) is 7.05. The van der Waals surface area contributed by atoms with E-state index in [1.54, 1.807) is 5.56 Å². The number of rotatable bonds is 1. The van der Waals surface area contributed by atoms with Crippen molar-refractivity contribution in [1.29, 1.82) is 0 Å². The fourth-order valence-corrected chi connectivity index (χ4v) is 3.31. The topological polar surface area (TPSA) is 15.3 Å². The average molecular weight is 250 g/mol. The van der Waals surface area contributed by atoms with Gasteiger partial charge in [0.1, 0.15) is 0 Å². The second-order valence-corrected chi connectivity index (χ2v) is 5.47. The van der Waals surface area contributed by atoms with Gasteiger partial charge in [-0.05, 0) is 41.3 Å². The molecular weight excluding hydrogens is 232 g/mol. The molecule has 2 heterocycles. The van der Waals surface area contributed by atoms with Crippen molar-refractivity contribution >= 4 is 5.69 Å². The Kier molecular flexibility index (Phi) is 2.56. The highest BCUT2D eigenvalue weighted by molar-refractivity contribution is 5.60. The van der Waals surface area contributed by atoms with Crippen molar-refractivity contribution in [3.05, 3.63) is 64.7 Å². The molecule has 0 radical (unpaired) electrons. The quantitative estimate of drug-likeness (QED) is 0.837. The third-order valence-corrected chi connectivity index (χ3v) is 4.30. The van der Waals surface area contributed by atoms with Crippen LogP contribution in [0, 0.1) is 0 Å². The lowest BCUT2D eigenvalue weighted by atomic mass is 9.98. The Morgan fingerprint density at radius 2 is 1.58 bits per heavy atom. The molecule has 0 atom stereocenters. The van der Waals surface area contributed by atoms with Gasteiger partial charge in [-0.2, -0.15) is 0 Å². The molecule has 0 bridgehead atoms. The fraction of sp³-hybridized carbons (Fsp3) is 0.294. The molecule has 0 aromatic heterocycles. The molecular formula is C17H18N2. The van der Waals surface area contributed by atoms with Gasteiger partial charge in [-0.25, -0.2) is 0 Å². The van der Waals surface area contributed by atoms with E-state index >= 15 is 0 Å². The summed E-state index contributed by atoms with van der Waals surface area (Å²) in [5, 5.41) is 3.46. The first kappa shape index (κ1) is 11.1. The number of nitrogens with one attached hydrogen (secondary N) is 1. The van der Waals surface area contributed by atoms with Gasteiger partial charge in [0.05, 0.1) is 0 Å². The lowest BCUT2D eigenvalue weighted by Gasteiger charge is -2.26. The summed E-state index contributed by atoms with van der Waals surface area (Å²) in [6.45, 7) is 4.23. The first-order chi connectivity index (χ1) is 9.42. The number of anilines is 1. The van der Waals surface area contributed by atoms with Crippen molar-refractivity contribution in [3.63, 3.8) is 0 Å². The van der Waals surface area contributed by atoms with Gasteiger partial charge >= 0.3 is 0 Å². The Morgan fingerprint density at radius 1 is 0.842 bits per heavy atom. The summed E-state index contributed by atoms with van der Waals surface area (Å²) in [7, 11) is 0. The van der Waals surface area contributed by atoms with Gasteiger partial charge in [-0.3, -0.25) is 0 Å². The summed E-state index contributed by atoms with van der Waals surface area (Å²) in [4.78, 5) is 2.52. The molecule has 0 amide bonds. The Hall–Kier alpha value is -1.80. The van der Waals surface area contributed by atoms with Crippen LogP contribution in [0.4, 0.5) is 5.69 Å². The molecule has 19 heavy (non-hydrogen) atoms. The molecule has 0 spiro atoms. The van der Waals surface area contributed by atoms with Crippen molar-refractivity contribution in [3.8, 4) is 0 Å². The lowest BCUT2D eigenvalue weighted by molar-refractivity contribution is 0.641. The smallest absolute Gasteiger partial charge is 0.0436 e. The molecule has 96 valence electrons. The molecule has 0 aliphatic carbocycles. The predicted octanol–water partition coefficient (Wildman–Crippen LogP) is 2.85. The van der Waals surface area contributed by atoms with E-state index in [0.717, 1.165) is 32.6 Å². The van der Waals surface area contributed by atoms with Gasteiger partial charge in [-0.15, -0.1) is 0 Å². The van der Waals surface area contributed by atoms with Gasteiger partial charge in [0.15, 0.2) is 0 Å². The van der Waals surface area contributed by atoms with Gasteiger partial charge in [0.25, 0.3) is 0 Å². The second kappa shape index (κ2) is 4.39. The van der Waals surface area contributed by atoms with Crippen LogP contribution in [0.3, 0.4) is 0 Å². The molecule has 0 saturated carbocycles. The maximum absolute atomic E-state index is 3.46. The summed E-state index contributed by atoms with van der Waals surface area (Å²) in [6.07, 6.45) is 1.15. The van der Waals surface area contributed by atoms with E-state index in [4.69, 9.17) is 0 Å². The molecule has 4 rings (SSSR count). The van der Waals surface area contributed by atoms with Crippen LogP contribution in [0.25, 0.3) is 0 Å². The molecule has 2 aromatic carbocycles. The summed E-state index contributed by atoms with van der Waals surface area (Å²) in [5.41, 5.74) is 7.42. The van der Waals surface area contributed by atoms with Gasteiger partial charge < -0.3 is 10.2 Å². The minimum absolute atomic E-state index is 1.02. The summed E-state index contributed by atoms with van der Waals surface area (Å²) in [5.74, 6) is 0. The van der Waals surface area contributed by atoms with E-state index in [-0.39, 0.29) is 0 Å². The minimum atomic E-state index is 1.02. The zero-order valence-electron chi connectivity index (χ0n) is 11.0. The van der Waals surface area contributed by atoms with Gasteiger partial charge in [0, 0.05) is 25.3 Å². The van der Waals surface area contributed by atoms with E-state index in [1.807, 2.05) is 0 Å². The van der Waals surface area contributed by atoms with E-state index in [9.17, 15) is 0 Å². The predicted molar refractivity (Wildman–Crippen MR) is 78.2 cm³/mol. The van der Waals surface area contributed by atoms with Gasteiger partial charge in [0.2, 0.25) is 0 Å². The van der Waals surface area contributed by atoms with Crippen LogP contribution in [-0.2, 0) is 26.1 Å². The molecule has 2 aliphatic heterocycles. The monoisotopic (exact) mass is 250 g/mol. The Morgan fingerprint density at radius 3 is 2.37 bits per heavy atom. The number of benzene rings is 2. The molecule has 2 aromatic rings. The second-order valence-electron chi connectivity index (χ2n) is 5.47. The highest BCUT2D eigenvalue weighted by Crippen LogP contribution is 2.33. The first-order valence-electron chi connectivity index (χ1n) is 7.05. The number of hydrogen-bond donors (Lipinski definition) is 1. The molecule has 1 N–H and O–H groups in total. The van der Waals surface area contributed by atoms with E-state index in [0.29, 0.717) is 0 Å². The van der Waals surface area contributed by atoms with Crippen LogP contribution in [0.2, 0.25) is 0 Å². The SMILES string of the molecule is c1ccc2c(c1)CN(c1cccc3c1CCNC3)C2. The van der Waals surface area contributed by atoms with Crippen LogP contribution < -0.4 is 10.2 Å². The third-order valence-electron chi connectivity index (χ3n) is 4.30. The van der Waals surface area contributed by atoms with Crippen molar-refractivity contribution < 1.29 is 0 Å². The van der Waals surface area contributed by atoms with Crippen LogP contribution in [0.5, 0.6) is 0 Å². The molecule has 0 saturated heterocycles. The number of nitrogens with zero attached hydrogens (tertiary/aromatic N) is 1. The average Bonchev–Trinajstić information content (AvgIpc) is 2.90. The normalized spacial score (nSPS) is 17.2. The summed E-state index contributed by atoms with van der Waals surface area (Å²) in [6, 6.07) is 15.5. The zero-order chi connectivity index (χ0) is 12.7. The minimum Gasteiger partial charge on any atom is -0.363 e. The highest BCUT2D eigenvalue weighted by atomic mass is 15.1. The Bertz CT molecular complexity index is 593. The van der Waals surface area contributed by atoms with Crippen molar-refractivity contribution in [2.24, 2.45) is 0 Å². The zero-order valence-corrected chi connectivity index (χ0v) is 11.0. The number of hydrogen-bond acceptors (Lipinski definition) is 2. The van der Waals surface area contributed by atoms with Crippen LogP contribution >= 0.6 is 0 Å². The van der Waals surface area contributed by atoms with E-state index in [1.165, 1.54) is 22.4 Å². The maximum atomic E-state index is 3.46. The van der Waals surface area contributed by atoms with Gasteiger partial charge in [-0.1, -0.05) is 36.4 Å².